The molecule has 0 fully saturated rings. The van der Waals surface area contributed by atoms with Crippen LogP contribution in [0.4, 0.5) is 0 Å². The van der Waals surface area contributed by atoms with Crippen molar-refractivity contribution in [1.29, 1.82) is 0 Å². The van der Waals surface area contributed by atoms with E-state index in [1.54, 1.807) is 0 Å². The highest BCUT2D eigenvalue weighted by Gasteiger charge is 2.21. The maximum atomic E-state index is 12.6. The first-order valence-corrected chi connectivity index (χ1v) is 25.9. The number of nitrogens with two attached hydrogens (primary N) is 1. The molecule has 2 N–H and O–H groups in total. The molecule has 0 spiro atoms. The summed E-state index contributed by atoms with van der Waals surface area (Å²) in [6.07, 6.45) is 35.2. The Morgan fingerprint density at radius 2 is 0.836 bits per heavy atom. The monoisotopic (exact) mass is 871 g/mol. The highest BCUT2D eigenvalue weighted by Crippen LogP contribution is 2.38. The van der Waals surface area contributed by atoms with Gasteiger partial charge in [-0.3, -0.25) is 14.2 Å². The third-order valence-corrected chi connectivity index (χ3v) is 11.1. The van der Waals surface area contributed by atoms with Crippen molar-refractivity contribution in [3.05, 3.63) is 0 Å². The summed E-state index contributed by atoms with van der Waals surface area (Å²) in [4.78, 5) is 37.1. The van der Waals surface area contributed by atoms with Gasteiger partial charge in [-0.1, -0.05) is 179 Å². The van der Waals surface area contributed by atoms with Crippen molar-refractivity contribution >= 4 is 19.8 Å². The Hall–Kier alpha value is -2.75. The van der Waals surface area contributed by atoms with Crippen molar-refractivity contribution in [3.63, 3.8) is 0 Å². The number of rotatable bonds is 41. The molecule has 0 heterocycles. The minimum atomic E-state index is -4.65. The maximum Gasteiger partial charge on any atom is 0.306 e. The minimum Gasteiger partial charge on any atom is -0.756 e. The molecule has 0 saturated heterocycles. The molecule has 0 radical (unpaired) electrons. The maximum absolute atomic E-state index is 12.6. The van der Waals surface area contributed by atoms with Crippen LogP contribution in [0.3, 0.4) is 0 Å². The van der Waals surface area contributed by atoms with Crippen LogP contribution < -0.4 is 10.6 Å². The molecule has 0 aromatic carbocycles. The lowest BCUT2D eigenvalue weighted by Gasteiger charge is -2.25. The summed E-state index contributed by atoms with van der Waals surface area (Å²) in [5.41, 5.74) is 5.33. The first kappa shape index (κ1) is 58.2. The van der Waals surface area contributed by atoms with E-state index in [1.165, 1.54) is 96.3 Å². The molecule has 0 aromatic heterocycles. The van der Waals surface area contributed by atoms with Crippen LogP contribution in [0, 0.1) is 47.4 Å². The molecule has 0 aliphatic rings. The Labute approximate surface area is 373 Å². The van der Waals surface area contributed by atoms with E-state index in [0.29, 0.717) is 12.8 Å². The number of hydrogen-bond donors (Lipinski definition) is 1. The molecular formula is C51H85NO8P-. The van der Waals surface area contributed by atoms with E-state index >= 15 is 0 Å². The summed E-state index contributed by atoms with van der Waals surface area (Å²) in [7, 11) is -4.65. The summed E-state index contributed by atoms with van der Waals surface area (Å²) in [5.74, 6) is 23.6. The van der Waals surface area contributed by atoms with Crippen molar-refractivity contribution in [3.8, 4) is 47.4 Å². The second-order valence-electron chi connectivity index (χ2n) is 16.1. The van der Waals surface area contributed by atoms with Gasteiger partial charge in [0.15, 0.2) is 6.10 Å². The lowest BCUT2D eigenvalue weighted by Crippen LogP contribution is -2.30. The Bertz CT molecular complexity index is 1350. The van der Waals surface area contributed by atoms with Gasteiger partial charge in [0.25, 0.3) is 7.82 Å². The summed E-state index contributed by atoms with van der Waals surface area (Å²) in [6.45, 7) is 3.44. The summed E-state index contributed by atoms with van der Waals surface area (Å²) >= 11 is 0. The molecule has 0 aromatic rings. The Kier molecular flexibility index (Phi) is 44.6. The Morgan fingerprint density at radius 1 is 0.492 bits per heavy atom. The fraction of sp³-hybridized carbons (Fsp3) is 0.804. The molecule has 348 valence electrons. The topological polar surface area (TPSA) is 137 Å². The van der Waals surface area contributed by atoms with Crippen LogP contribution in [-0.2, 0) is 32.7 Å². The largest absolute Gasteiger partial charge is 0.756 e. The molecule has 10 heteroatoms. The number of esters is 2. The quantitative estimate of drug-likeness (QED) is 0.0275. The normalized spacial score (nSPS) is 12.0. The SMILES string of the molecule is CCCCCCCCCCC#CC#CCCCCCCCCC(=O)OC[C@H](COP(=O)([O-])OCCN)OC(=O)CCCCCCCCC#CC#CCCCCCCCCCC. The average Bonchev–Trinajstić information content (AvgIpc) is 3.25. The van der Waals surface area contributed by atoms with E-state index in [0.717, 1.165) is 96.3 Å². The minimum absolute atomic E-state index is 0.00177. The van der Waals surface area contributed by atoms with Gasteiger partial charge >= 0.3 is 11.9 Å². The molecule has 1 unspecified atom stereocenters. The van der Waals surface area contributed by atoms with Gasteiger partial charge in [0, 0.05) is 45.1 Å². The van der Waals surface area contributed by atoms with Crippen LogP contribution in [-0.4, -0.2) is 44.4 Å². The van der Waals surface area contributed by atoms with E-state index in [-0.39, 0.29) is 32.6 Å². The van der Waals surface area contributed by atoms with Gasteiger partial charge < -0.3 is 29.1 Å². The molecule has 0 bridgehead atoms. The van der Waals surface area contributed by atoms with Gasteiger partial charge in [-0.25, -0.2) is 0 Å². The standard InChI is InChI=1S/C51H86NO8P/c1-3-5-7-9-11-13-15-17-19-21-23-25-27-29-31-33-35-37-39-41-43-50(53)57-47-49(48-59-61(55,56)58-46-45-52)60-51(54)44-42-40-38-36-34-32-30-28-26-24-22-20-18-16-14-12-10-8-6-4-2/h49H,3-20,29-48,52H2,1-2H3,(H,55,56)/p-1/t49-/m1/s1. The second-order valence-corrected chi connectivity index (χ2v) is 17.5. The Balaban J connectivity index is 4.17. The average molecular weight is 871 g/mol. The smallest absolute Gasteiger partial charge is 0.306 e. The van der Waals surface area contributed by atoms with Gasteiger partial charge in [0.05, 0.1) is 13.2 Å². The predicted molar refractivity (Wildman–Crippen MR) is 249 cm³/mol. The van der Waals surface area contributed by atoms with Crippen LogP contribution >= 0.6 is 7.82 Å². The molecule has 0 aliphatic carbocycles. The van der Waals surface area contributed by atoms with E-state index in [4.69, 9.17) is 19.7 Å². The fourth-order valence-corrected chi connectivity index (χ4v) is 7.25. The van der Waals surface area contributed by atoms with E-state index in [1.807, 2.05) is 0 Å². The summed E-state index contributed by atoms with van der Waals surface area (Å²) < 4.78 is 32.4. The summed E-state index contributed by atoms with van der Waals surface area (Å²) in [6, 6.07) is 0. The van der Waals surface area contributed by atoms with Crippen molar-refractivity contribution < 1.29 is 37.6 Å². The molecule has 0 amide bonds. The zero-order chi connectivity index (χ0) is 44.6. The van der Waals surface area contributed by atoms with Crippen LogP contribution in [0.5, 0.6) is 0 Å². The third kappa shape index (κ3) is 46.6. The van der Waals surface area contributed by atoms with Gasteiger partial charge in [-0.05, 0) is 62.2 Å². The van der Waals surface area contributed by atoms with Crippen molar-refractivity contribution in [2.24, 2.45) is 5.73 Å². The van der Waals surface area contributed by atoms with Gasteiger partial charge in [-0.2, -0.15) is 0 Å². The number of carbonyl (C=O) groups is 2. The number of unbranched alkanes of at least 4 members (excludes halogenated alkanes) is 28. The first-order valence-electron chi connectivity index (χ1n) is 24.4. The third-order valence-electron chi connectivity index (χ3n) is 10.2. The molecule has 9 nitrogen and oxygen atoms in total. The number of hydrogen-bond acceptors (Lipinski definition) is 9. The zero-order valence-corrected chi connectivity index (χ0v) is 39.6. The predicted octanol–water partition coefficient (Wildman–Crippen LogP) is 12.2. The van der Waals surface area contributed by atoms with Gasteiger partial charge in [0.1, 0.15) is 6.61 Å². The van der Waals surface area contributed by atoms with E-state index in [9.17, 15) is 19.0 Å². The highest BCUT2D eigenvalue weighted by atomic mass is 31.2. The number of phosphoric acid groups is 1. The lowest BCUT2D eigenvalue weighted by atomic mass is 10.1. The molecule has 61 heavy (non-hydrogen) atoms. The first-order chi connectivity index (χ1) is 29.8. The molecule has 0 saturated carbocycles. The van der Waals surface area contributed by atoms with Crippen LogP contribution in [0.15, 0.2) is 0 Å². The van der Waals surface area contributed by atoms with Crippen molar-refractivity contribution in [1.82, 2.24) is 0 Å². The van der Waals surface area contributed by atoms with E-state index in [2.05, 4.69) is 65.7 Å². The van der Waals surface area contributed by atoms with Crippen LogP contribution in [0.25, 0.3) is 0 Å². The molecular weight excluding hydrogens is 786 g/mol. The van der Waals surface area contributed by atoms with Crippen LogP contribution in [0.2, 0.25) is 0 Å². The fourth-order valence-electron chi connectivity index (χ4n) is 6.50. The molecule has 0 rings (SSSR count). The van der Waals surface area contributed by atoms with Crippen molar-refractivity contribution in [2.45, 2.75) is 238 Å². The van der Waals surface area contributed by atoms with Gasteiger partial charge in [0.2, 0.25) is 0 Å². The lowest BCUT2D eigenvalue weighted by molar-refractivity contribution is -0.228. The summed E-state index contributed by atoms with van der Waals surface area (Å²) in [5, 5.41) is 0. The Morgan fingerprint density at radius 3 is 1.21 bits per heavy atom. The van der Waals surface area contributed by atoms with E-state index < -0.39 is 32.5 Å². The number of phosphoric ester groups is 1. The molecule has 0 aliphatic heterocycles. The molecule has 2 atom stereocenters. The zero-order valence-electron chi connectivity index (χ0n) is 38.7. The number of ether oxygens (including phenoxy) is 2. The van der Waals surface area contributed by atoms with Gasteiger partial charge in [-0.15, -0.1) is 0 Å². The second kappa shape index (κ2) is 46.7. The van der Waals surface area contributed by atoms with Crippen molar-refractivity contribution in [2.75, 3.05) is 26.4 Å². The number of carbonyl (C=O) groups excluding carboxylic acids is 2. The van der Waals surface area contributed by atoms with Crippen LogP contribution in [0.1, 0.15) is 232 Å². The highest BCUT2D eigenvalue weighted by molar-refractivity contribution is 7.45.